The Morgan fingerprint density at radius 2 is 1.09 bits per heavy atom. The maximum atomic E-state index is 6.61. The zero-order chi connectivity index (χ0) is 35.7. The molecule has 0 spiro atoms. The van der Waals surface area contributed by atoms with Crippen LogP contribution in [0.5, 0.6) is 11.5 Å². The molecule has 0 aliphatic rings. The third kappa shape index (κ3) is 6.55. The molecular formula is C47H31Cl2N3O. The minimum Gasteiger partial charge on any atom is -0.456 e. The average Bonchev–Trinajstić information content (AvgIpc) is 3.53. The molecule has 6 heteroatoms. The van der Waals surface area contributed by atoms with Crippen LogP contribution in [0.1, 0.15) is 11.1 Å². The number of aromatic nitrogens is 3. The van der Waals surface area contributed by atoms with Crippen molar-refractivity contribution in [1.82, 2.24) is 14.5 Å². The van der Waals surface area contributed by atoms with Gasteiger partial charge in [0.05, 0.1) is 27.4 Å². The molecule has 53 heavy (non-hydrogen) atoms. The number of benzene rings is 7. The fourth-order valence-electron chi connectivity index (χ4n) is 6.89. The highest BCUT2D eigenvalue weighted by atomic mass is 35.5. The summed E-state index contributed by atoms with van der Waals surface area (Å²) in [6.07, 6.45) is 0.709. The Bertz CT molecular complexity index is 2600. The van der Waals surface area contributed by atoms with Gasteiger partial charge < -0.3 is 9.30 Å². The Hall–Kier alpha value is -6.20. The summed E-state index contributed by atoms with van der Waals surface area (Å²) in [4.78, 5) is 10.2. The molecule has 0 aliphatic heterocycles. The van der Waals surface area contributed by atoms with E-state index in [1.165, 1.54) is 0 Å². The Labute approximate surface area is 317 Å². The van der Waals surface area contributed by atoms with Crippen LogP contribution >= 0.6 is 23.2 Å². The van der Waals surface area contributed by atoms with Crippen molar-refractivity contribution in [3.8, 4) is 51.1 Å². The Balaban J connectivity index is 1.23. The lowest BCUT2D eigenvalue weighted by atomic mass is 10.0. The van der Waals surface area contributed by atoms with Crippen LogP contribution in [-0.2, 0) is 6.42 Å². The maximum absolute atomic E-state index is 6.61. The van der Waals surface area contributed by atoms with E-state index in [-0.39, 0.29) is 0 Å². The van der Waals surface area contributed by atoms with Gasteiger partial charge in [0, 0.05) is 44.2 Å². The summed E-state index contributed by atoms with van der Waals surface area (Å²) in [5, 5.41) is 3.55. The number of para-hydroxylation sites is 1. The first-order chi connectivity index (χ1) is 26.1. The van der Waals surface area contributed by atoms with E-state index in [1.54, 1.807) is 0 Å². The predicted octanol–water partition coefficient (Wildman–Crippen LogP) is 13.3. The molecule has 7 aromatic carbocycles. The van der Waals surface area contributed by atoms with E-state index in [0.29, 0.717) is 28.8 Å². The van der Waals surface area contributed by atoms with Gasteiger partial charge in [0.2, 0.25) is 0 Å². The van der Waals surface area contributed by atoms with Gasteiger partial charge in [-0.3, -0.25) is 0 Å². The van der Waals surface area contributed by atoms with Crippen LogP contribution in [0.3, 0.4) is 0 Å². The van der Waals surface area contributed by atoms with Crippen LogP contribution < -0.4 is 4.74 Å². The third-order valence-corrected chi connectivity index (χ3v) is 10.1. The molecule has 0 saturated carbocycles. The van der Waals surface area contributed by atoms with Crippen molar-refractivity contribution in [2.75, 3.05) is 0 Å². The lowest BCUT2D eigenvalue weighted by Crippen LogP contribution is -1.99. The van der Waals surface area contributed by atoms with Crippen molar-refractivity contribution in [3.05, 3.63) is 197 Å². The van der Waals surface area contributed by atoms with Crippen LogP contribution in [0.15, 0.2) is 176 Å². The molecule has 9 aromatic rings. The second-order valence-electron chi connectivity index (χ2n) is 12.9. The summed E-state index contributed by atoms with van der Waals surface area (Å²) in [5.74, 6) is 1.94. The molecule has 2 aromatic heterocycles. The standard InChI is InChI=1S/C47H31Cl2N3O/c48-40-19-8-7-16-34(40)26-31-22-24-38-39-25-23-37(53-46-21-10-9-20-41(46)49)29-45(39)52(44(38)27-31)36-18-11-17-35(28-36)47-50-42(32-12-3-1-4-13-32)30-43(51-47)33-14-5-2-6-15-33/h1-25,27-30H,26H2. The first kappa shape index (κ1) is 32.7. The van der Waals surface area contributed by atoms with E-state index in [9.17, 15) is 0 Å². The highest BCUT2D eigenvalue weighted by Gasteiger charge is 2.17. The topological polar surface area (TPSA) is 39.9 Å². The second-order valence-corrected chi connectivity index (χ2v) is 13.7. The third-order valence-electron chi connectivity index (χ3n) is 9.45. The van der Waals surface area contributed by atoms with Crippen molar-refractivity contribution < 1.29 is 4.74 Å². The number of fused-ring (bicyclic) bond motifs is 3. The molecule has 2 heterocycles. The first-order valence-corrected chi connectivity index (χ1v) is 18.2. The molecule has 9 rings (SSSR count). The number of hydrogen-bond donors (Lipinski definition) is 0. The van der Waals surface area contributed by atoms with E-state index in [2.05, 4.69) is 95.6 Å². The normalized spacial score (nSPS) is 11.3. The van der Waals surface area contributed by atoms with Crippen molar-refractivity contribution in [3.63, 3.8) is 0 Å². The quantitative estimate of drug-likeness (QED) is 0.157. The summed E-state index contributed by atoms with van der Waals surface area (Å²) in [7, 11) is 0. The highest BCUT2D eigenvalue weighted by Crippen LogP contribution is 2.38. The van der Waals surface area contributed by atoms with Crippen molar-refractivity contribution in [2.24, 2.45) is 0 Å². The van der Waals surface area contributed by atoms with Crippen LogP contribution in [0, 0.1) is 0 Å². The average molecular weight is 725 g/mol. The molecule has 254 valence electrons. The van der Waals surface area contributed by atoms with Crippen LogP contribution in [0.25, 0.3) is 61.4 Å². The lowest BCUT2D eigenvalue weighted by molar-refractivity contribution is 0.483. The molecule has 0 unspecified atom stereocenters. The predicted molar refractivity (Wildman–Crippen MR) is 218 cm³/mol. The first-order valence-electron chi connectivity index (χ1n) is 17.4. The van der Waals surface area contributed by atoms with Gasteiger partial charge in [-0.05, 0) is 72.1 Å². The largest absolute Gasteiger partial charge is 0.456 e. The number of nitrogens with zero attached hydrogens (tertiary/aromatic N) is 3. The van der Waals surface area contributed by atoms with Crippen molar-refractivity contribution in [1.29, 1.82) is 0 Å². The van der Waals surface area contributed by atoms with Gasteiger partial charge in [0.25, 0.3) is 0 Å². The molecule has 4 nitrogen and oxygen atoms in total. The van der Waals surface area contributed by atoms with Gasteiger partial charge in [-0.15, -0.1) is 0 Å². The molecule has 0 atom stereocenters. The minimum absolute atomic E-state index is 0.553. The smallest absolute Gasteiger partial charge is 0.160 e. The van der Waals surface area contributed by atoms with E-state index < -0.39 is 0 Å². The molecule has 0 fully saturated rings. The number of halogens is 2. The summed E-state index contributed by atoms with van der Waals surface area (Å²) >= 11 is 13.1. The number of hydrogen-bond acceptors (Lipinski definition) is 3. The maximum Gasteiger partial charge on any atom is 0.160 e. The minimum atomic E-state index is 0.553. The van der Waals surface area contributed by atoms with Crippen LogP contribution in [-0.4, -0.2) is 14.5 Å². The molecule has 0 N–H and O–H groups in total. The lowest BCUT2D eigenvalue weighted by Gasteiger charge is -2.13. The van der Waals surface area contributed by atoms with Gasteiger partial charge in [-0.25, -0.2) is 9.97 Å². The zero-order valence-corrected chi connectivity index (χ0v) is 30.0. The van der Waals surface area contributed by atoms with Gasteiger partial charge >= 0.3 is 0 Å². The molecule has 0 radical (unpaired) electrons. The second kappa shape index (κ2) is 14.1. The van der Waals surface area contributed by atoms with Gasteiger partial charge in [0.15, 0.2) is 5.82 Å². The zero-order valence-electron chi connectivity index (χ0n) is 28.5. The number of ether oxygens (including phenoxy) is 1. The highest BCUT2D eigenvalue weighted by molar-refractivity contribution is 6.32. The molecule has 0 aliphatic carbocycles. The summed E-state index contributed by atoms with van der Waals surface area (Å²) in [6.45, 7) is 0. The molecule has 0 amide bonds. The molecule has 0 saturated heterocycles. The van der Waals surface area contributed by atoms with Gasteiger partial charge in [-0.1, -0.05) is 138 Å². The van der Waals surface area contributed by atoms with E-state index >= 15 is 0 Å². The van der Waals surface area contributed by atoms with Crippen LogP contribution in [0.2, 0.25) is 10.0 Å². The SMILES string of the molecule is Clc1ccccc1Cc1ccc2c3ccc(Oc4ccccc4Cl)cc3n(-c3cccc(-c4nc(-c5ccccc5)cc(-c5ccccc5)n4)c3)c2c1. The summed E-state index contributed by atoms with van der Waals surface area (Å²) in [6, 6.07) is 59.4. The van der Waals surface area contributed by atoms with Gasteiger partial charge in [0.1, 0.15) is 11.5 Å². The van der Waals surface area contributed by atoms with E-state index in [0.717, 1.165) is 71.7 Å². The Kier molecular flexibility index (Phi) is 8.68. The van der Waals surface area contributed by atoms with Crippen molar-refractivity contribution in [2.45, 2.75) is 6.42 Å². The Morgan fingerprint density at radius 3 is 1.79 bits per heavy atom. The number of rotatable bonds is 8. The summed E-state index contributed by atoms with van der Waals surface area (Å²) < 4.78 is 8.64. The van der Waals surface area contributed by atoms with Gasteiger partial charge in [-0.2, -0.15) is 0 Å². The Morgan fingerprint density at radius 1 is 0.491 bits per heavy atom. The monoisotopic (exact) mass is 723 g/mol. The molecule has 0 bridgehead atoms. The fraction of sp³-hybridized carbons (Fsp3) is 0.0213. The van der Waals surface area contributed by atoms with E-state index in [4.69, 9.17) is 37.9 Å². The van der Waals surface area contributed by atoms with E-state index in [1.807, 2.05) is 84.9 Å². The molecular weight excluding hydrogens is 693 g/mol. The fourth-order valence-corrected chi connectivity index (χ4v) is 7.26. The van der Waals surface area contributed by atoms with Crippen LogP contribution in [0.4, 0.5) is 0 Å². The summed E-state index contributed by atoms with van der Waals surface area (Å²) in [5.41, 5.74) is 9.98. The van der Waals surface area contributed by atoms with Crippen molar-refractivity contribution >= 4 is 45.0 Å².